The van der Waals surface area contributed by atoms with Crippen molar-refractivity contribution in [2.45, 2.75) is 13.0 Å². The van der Waals surface area contributed by atoms with Crippen molar-refractivity contribution in [1.29, 1.82) is 0 Å². The normalized spacial score (nSPS) is 10.3. The fourth-order valence-corrected chi connectivity index (χ4v) is 1.90. The SMILES string of the molecule is COCc1cc(C(=O)Nc2ccc(CC(N)=S)cc2)no1. The van der Waals surface area contributed by atoms with E-state index in [0.717, 1.165) is 5.56 Å². The van der Waals surface area contributed by atoms with Crippen molar-refractivity contribution < 1.29 is 14.1 Å². The first-order chi connectivity index (χ1) is 10.1. The van der Waals surface area contributed by atoms with Gasteiger partial charge in [0.1, 0.15) is 6.61 Å². The average Bonchev–Trinajstić information content (AvgIpc) is 2.89. The van der Waals surface area contributed by atoms with E-state index in [1.54, 1.807) is 18.2 Å². The van der Waals surface area contributed by atoms with E-state index in [2.05, 4.69) is 10.5 Å². The Bertz CT molecular complexity index is 637. The maximum Gasteiger partial charge on any atom is 0.277 e. The van der Waals surface area contributed by atoms with Gasteiger partial charge in [0.25, 0.3) is 5.91 Å². The van der Waals surface area contributed by atoms with Gasteiger partial charge in [0.05, 0.1) is 4.99 Å². The largest absolute Gasteiger partial charge is 0.393 e. The molecule has 6 nitrogen and oxygen atoms in total. The molecule has 3 N–H and O–H groups in total. The Morgan fingerprint density at radius 3 is 2.76 bits per heavy atom. The van der Waals surface area contributed by atoms with Crippen LogP contribution in [0.4, 0.5) is 5.69 Å². The number of nitrogens with two attached hydrogens (primary N) is 1. The maximum absolute atomic E-state index is 12.0. The van der Waals surface area contributed by atoms with Crippen molar-refractivity contribution >= 4 is 28.8 Å². The van der Waals surface area contributed by atoms with Gasteiger partial charge in [0.2, 0.25) is 0 Å². The molecule has 21 heavy (non-hydrogen) atoms. The minimum absolute atomic E-state index is 0.203. The van der Waals surface area contributed by atoms with Gasteiger partial charge in [0.15, 0.2) is 11.5 Å². The van der Waals surface area contributed by atoms with E-state index in [9.17, 15) is 4.79 Å². The van der Waals surface area contributed by atoms with Crippen LogP contribution in [0.1, 0.15) is 21.8 Å². The van der Waals surface area contributed by atoms with Gasteiger partial charge in [-0.05, 0) is 17.7 Å². The number of aromatic nitrogens is 1. The summed E-state index contributed by atoms with van der Waals surface area (Å²) in [6.45, 7) is 0.272. The summed E-state index contributed by atoms with van der Waals surface area (Å²) in [7, 11) is 1.54. The molecule has 0 bridgehead atoms. The van der Waals surface area contributed by atoms with E-state index in [-0.39, 0.29) is 18.2 Å². The summed E-state index contributed by atoms with van der Waals surface area (Å²) in [5, 5.41) is 6.41. The molecule has 7 heteroatoms. The fraction of sp³-hybridized carbons (Fsp3) is 0.214. The molecular weight excluding hydrogens is 290 g/mol. The molecule has 0 radical (unpaired) electrons. The van der Waals surface area contributed by atoms with E-state index in [1.807, 2.05) is 12.1 Å². The molecule has 0 unspecified atom stereocenters. The number of thiocarbonyl (C=S) groups is 1. The molecule has 0 atom stereocenters. The molecule has 0 saturated carbocycles. The minimum atomic E-state index is -0.344. The first kappa shape index (κ1) is 15.1. The zero-order chi connectivity index (χ0) is 15.2. The molecular formula is C14H15N3O3S. The predicted octanol–water partition coefficient (Wildman–Crippen LogP) is 1.90. The number of benzene rings is 1. The first-order valence-electron chi connectivity index (χ1n) is 6.21. The fourth-order valence-electron chi connectivity index (χ4n) is 1.73. The number of hydrogen-bond acceptors (Lipinski definition) is 5. The number of hydrogen-bond donors (Lipinski definition) is 2. The number of nitrogens with one attached hydrogen (secondary N) is 1. The predicted molar refractivity (Wildman–Crippen MR) is 82.1 cm³/mol. The van der Waals surface area contributed by atoms with Gasteiger partial charge in [-0.1, -0.05) is 29.5 Å². The van der Waals surface area contributed by atoms with E-state index >= 15 is 0 Å². The third-order valence-electron chi connectivity index (χ3n) is 2.67. The molecule has 1 aromatic heterocycles. The molecule has 2 rings (SSSR count). The Balaban J connectivity index is 1.99. The highest BCUT2D eigenvalue weighted by Gasteiger charge is 2.12. The molecule has 1 heterocycles. The topological polar surface area (TPSA) is 90.4 Å². The minimum Gasteiger partial charge on any atom is -0.393 e. The van der Waals surface area contributed by atoms with Crippen LogP contribution < -0.4 is 11.1 Å². The van der Waals surface area contributed by atoms with E-state index < -0.39 is 0 Å². The first-order valence-corrected chi connectivity index (χ1v) is 6.62. The monoisotopic (exact) mass is 305 g/mol. The lowest BCUT2D eigenvalue weighted by atomic mass is 10.1. The summed E-state index contributed by atoms with van der Waals surface area (Å²) in [6, 6.07) is 8.81. The summed E-state index contributed by atoms with van der Waals surface area (Å²) in [6.07, 6.45) is 0.535. The van der Waals surface area contributed by atoms with Gasteiger partial charge in [-0.25, -0.2) is 0 Å². The number of carbonyl (C=O) groups excluding carboxylic acids is 1. The zero-order valence-electron chi connectivity index (χ0n) is 11.5. The number of nitrogens with zero attached hydrogens (tertiary/aromatic N) is 1. The van der Waals surface area contributed by atoms with Crippen LogP contribution in [0.2, 0.25) is 0 Å². The lowest BCUT2D eigenvalue weighted by molar-refractivity contribution is 0.101. The van der Waals surface area contributed by atoms with Gasteiger partial charge in [0, 0.05) is 25.3 Å². The van der Waals surface area contributed by atoms with Crippen molar-refractivity contribution in [2.24, 2.45) is 5.73 Å². The van der Waals surface area contributed by atoms with Crippen LogP contribution >= 0.6 is 12.2 Å². The van der Waals surface area contributed by atoms with Gasteiger partial charge < -0.3 is 20.3 Å². The third-order valence-corrected chi connectivity index (χ3v) is 2.81. The smallest absolute Gasteiger partial charge is 0.277 e. The highest BCUT2D eigenvalue weighted by Crippen LogP contribution is 2.12. The Labute approximate surface area is 127 Å². The summed E-state index contributed by atoms with van der Waals surface area (Å²) >= 11 is 4.85. The van der Waals surface area contributed by atoms with Gasteiger partial charge >= 0.3 is 0 Å². The maximum atomic E-state index is 12.0. The van der Waals surface area contributed by atoms with E-state index in [0.29, 0.717) is 22.9 Å². The number of carbonyl (C=O) groups is 1. The lowest BCUT2D eigenvalue weighted by Crippen LogP contribution is -2.13. The number of amides is 1. The second-order valence-electron chi connectivity index (χ2n) is 4.41. The lowest BCUT2D eigenvalue weighted by Gasteiger charge is -2.04. The second-order valence-corrected chi connectivity index (χ2v) is 4.93. The van der Waals surface area contributed by atoms with Crippen LogP contribution in [0, 0.1) is 0 Å². The standard InChI is InChI=1S/C14H15N3O3S/c1-19-8-11-7-12(17-20-11)14(18)16-10-4-2-9(3-5-10)6-13(15)21/h2-5,7H,6,8H2,1H3,(H2,15,21)(H,16,18). The Morgan fingerprint density at radius 2 is 2.14 bits per heavy atom. The van der Waals surface area contributed by atoms with Crippen LogP contribution in [0.25, 0.3) is 0 Å². The Hall–Kier alpha value is -2.25. The number of methoxy groups -OCH3 is 1. The van der Waals surface area contributed by atoms with Crippen molar-refractivity contribution in [3.05, 3.63) is 47.3 Å². The number of rotatable bonds is 6. The summed E-state index contributed by atoms with van der Waals surface area (Å²) < 4.78 is 9.86. The molecule has 2 aromatic rings. The molecule has 0 aliphatic heterocycles. The number of anilines is 1. The Morgan fingerprint density at radius 1 is 1.43 bits per heavy atom. The van der Waals surface area contributed by atoms with E-state index in [1.165, 1.54) is 7.11 Å². The molecule has 0 spiro atoms. The van der Waals surface area contributed by atoms with E-state index in [4.69, 9.17) is 27.2 Å². The highest BCUT2D eigenvalue weighted by atomic mass is 32.1. The Kier molecular flexibility index (Phi) is 5.02. The van der Waals surface area contributed by atoms with Crippen LogP contribution in [-0.2, 0) is 17.8 Å². The zero-order valence-corrected chi connectivity index (χ0v) is 12.3. The van der Waals surface area contributed by atoms with Crippen molar-refractivity contribution in [3.63, 3.8) is 0 Å². The molecule has 1 aromatic carbocycles. The van der Waals surface area contributed by atoms with Gasteiger partial charge in [-0.15, -0.1) is 0 Å². The molecule has 0 saturated heterocycles. The quantitative estimate of drug-likeness (QED) is 0.792. The molecule has 0 aliphatic rings. The summed E-state index contributed by atoms with van der Waals surface area (Å²) in [4.78, 5) is 12.4. The number of ether oxygens (including phenoxy) is 1. The van der Waals surface area contributed by atoms with Crippen LogP contribution in [0.15, 0.2) is 34.9 Å². The highest BCUT2D eigenvalue weighted by molar-refractivity contribution is 7.80. The third kappa shape index (κ3) is 4.37. The van der Waals surface area contributed by atoms with Crippen LogP contribution in [-0.4, -0.2) is 23.2 Å². The van der Waals surface area contributed by atoms with Crippen molar-refractivity contribution in [1.82, 2.24) is 5.16 Å². The molecule has 0 fully saturated rings. The van der Waals surface area contributed by atoms with Crippen molar-refractivity contribution in [3.8, 4) is 0 Å². The molecule has 0 aliphatic carbocycles. The second kappa shape index (κ2) is 6.96. The molecule has 1 amide bonds. The van der Waals surface area contributed by atoms with Crippen LogP contribution in [0.3, 0.4) is 0 Å². The van der Waals surface area contributed by atoms with Crippen molar-refractivity contribution in [2.75, 3.05) is 12.4 Å². The van der Waals surface area contributed by atoms with Gasteiger partial charge in [-0.2, -0.15) is 0 Å². The van der Waals surface area contributed by atoms with Gasteiger partial charge in [-0.3, -0.25) is 4.79 Å². The summed E-state index contributed by atoms with van der Waals surface area (Å²) in [5.41, 5.74) is 7.33. The average molecular weight is 305 g/mol. The van der Waals surface area contributed by atoms with Crippen LogP contribution in [0.5, 0.6) is 0 Å². The molecule has 110 valence electrons. The summed E-state index contributed by atoms with van der Waals surface area (Å²) in [5.74, 6) is 0.151.